The first-order valence-electron chi connectivity index (χ1n) is 6.22. The topological polar surface area (TPSA) is 48.1 Å². The molecule has 0 bridgehead atoms. The predicted octanol–water partition coefficient (Wildman–Crippen LogP) is 4.57. The highest BCUT2D eigenvalue weighted by molar-refractivity contribution is 6.32. The van der Waals surface area contributed by atoms with E-state index >= 15 is 0 Å². The highest BCUT2D eigenvalue weighted by Crippen LogP contribution is 2.35. The highest BCUT2D eigenvalue weighted by atomic mass is 35.5. The Balaban J connectivity index is 2.11. The van der Waals surface area contributed by atoms with Crippen molar-refractivity contribution in [3.63, 3.8) is 0 Å². The van der Waals surface area contributed by atoms with Gasteiger partial charge in [-0.1, -0.05) is 17.7 Å². The molecule has 0 radical (unpaired) electrons. The molecule has 100 valence electrons. The van der Waals surface area contributed by atoms with Gasteiger partial charge in [0.05, 0.1) is 16.2 Å². The SMILES string of the molecule is Cc1ccc(Cl)c(Oc2ccc(N)c3ncccc23)c1. The zero-order chi connectivity index (χ0) is 14.1. The van der Waals surface area contributed by atoms with Gasteiger partial charge in [-0.2, -0.15) is 0 Å². The van der Waals surface area contributed by atoms with Crippen LogP contribution in [0.4, 0.5) is 5.69 Å². The number of fused-ring (bicyclic) bond motifs is 1. The van der Waals surface area contributed by atoms with Gasteiger partial charge in [-0.05, 0) is 48.9 Å². The number of rotatable bonds is 2. The molecule has 4 heteroatoms. The standard InChI is InChI=1S/C16H13ClN2O/c1-10-4-5-12(17)15(9-10)20-14-7-6-13(18)16-11(14)3-2-8-19-16/h2-9H,18H2,1H3. The summed E-state index contributed by atoms with van der Waals surface area (Å²) in [6.07, 6.45) is 1.71. The van der Waals surface area contributed by atoms with E-state index in [0.29, 0.717) is 22.2 Å². The van der Waals surface area contributed by atoms with Crippen LogP contribution in [0.3, 0.4) is 0 Å². The molecule has 0 amide bonds. The van der Waals surface area contributed by atoms with Gasteiger partial charge < -0.3 is 10.5 Å². The summed E-state index contributed by atoms with van der Waals surface area (Å²) in [5.74, 6) is 1.32. The molecule has 0 unspecified atom stereocenters. The molecule has 0 aliphatic heterocycles. The summed E-state index contributed by atoms with van der Waals surface area (Å²) in [5.41, 5.74) is 8.37. The predicted molar refractivity (Wildman–Crippen MR) is 82.4 cm³/mol. The fourth-order valence-corrected chi connectivity index (χ4v) is 2.22. The van der Waals surface area contributed by atoms with Crippen LogP contribution < -0.4 is 10.5 Å². The number of hydrogen-bond donors (Lipinski definition) is 1. The molecule has 3 aromatic rings. The van der Waals surface area contributed by atoms with Gasteiger partial charge in [-0.25, -0.2) is 0 Å². The summed E-state index contributed by atoms with van der Waals surface area (Å²) < 4.78 is 5.93. The summed E-state index contributed by atoms with van der Waals surface area (Å²) in [5, 5.41) is 1.44. The van der Waals surface area contributed by atoms with Crippen molar-refractivity contribution in [3.05, 3.63) is 59.2 Å². The molecule has 0 fully saturated rings. The number of aromatic nitrogens is 1. The molecule has 0 aliphatic carbocycles. The Kier molecular flexibility index (Phi) is 3.20. The van der Waals surface area contributed by atoms with E-state index in [1.807, 2.05) is 43.3 Å². The van der Waals surface area contributed by atoms with E-state index in [0.717, 1.165) is 16.5 Å². The van der Waals surface area contributed by atoms with Gasteiger partial charge in [-0.3, -0.25) is 4.98 Å². The summed E-state index contributed by atoms with van der Waals surface area (Å²) in [6.45, 7) is 1.99. The lowest BCUT2D eigenvalue weighted by Gasteiger charge is -2.11. The summed E-state index contributed by atoms with van der Waals surface area (Å²) >= 11 is 6.16. The largest absolute Gasteiger partial charge is 0.455 e. The van der Waals surface area contributed by atoms with Crippen LogP contribution in [0.25, 0.3) is 10.9 Å². The fourth-order valence-electron chi connectivity index (χ4n) is 2.06. The van der Waals surface area contributed by atoms with Crippen molar-refractivity contribution in [2.24, 2.45) is 0 Å². The van der Waals surface area contributed by atoms with Crippen LogP contribution >= 0.6 is 11.6 Å². The third-order valence-corrected chi connectivity index (χ3v) is 3.38. The first kappa shape index (κ1) is 12.8. The van der Waals surface area contributed by atoms with Crippen LogP contribution in [-0.4, -0.2) is 4.98 Å². The molecular weight excluding hydrogens is 272 g/mol. The maximum Gasteiger partial charge on any atom is 0.146 e. The van der Waals surface area contributed by atoms with Gasteiger partial charge in [0, 0.05) is 11.6 Å². The Morgan fingerprint density at radius 1 is 1.10 bits per heavy atom. The van der Waals surface area contributed by atoms with Crippen LogP contribution in [0.1, 0.15) is 5.56 Å². The van der Waals surface area contributed by atoms with E-state index in [1.165, 1.54) is 0 Å². The van der Waals surface area contributed by atoms with E-state index < -0.39 is 0 Å². The van der Waals surface area contributed by atoms with E-state index in [1.54, 1.807) is 12.3 Å². The summed E-state index contributed by atoms with van der Waals surface area (Å²) in [6, 6.07) is 13.1. The van der Waals surface area contributed by atoms with E-state index in [4.69, 9.17) is 22.1 Å². The van der Waals surface area contributed by atoms with E-state index in [-0.39, 0.29) is 0 Å². The number of nitrogens with zero attached hydrogens (tertiary/aromatic N) is 1. The minimum absolute atomic E-state index is 0.574. The summed E-state index contributed by atoms with van der Waals surface area (Å²) in [7, 11) is 0. The van der Waals surface area contributed by atoms with Crippen molar-refractivity contribution in [1.29, 1.82) is 0 Å². The number of benzene rings is 2. The Morgan fingerprint density at radius 2 is 1.95 bits per heavy atom. The van der Waals surface area contributed by atoms with Crippen molar-refractivity contribution in [1.82, 2.24) is 4.98 Å². The molecule has 0 aliphatic rings. The van der Waals surface area contributed by atoms with E-state index in [2.05, 4.69) is 4.98 Å². The normalized spacial score (nSPS) is 10.7. The highest BCUT2D eigenvalue weighted by Gasteiger charge is 2.09. The molecule has 0 spiro atoms. The molecule has 0 saturated heterocycles. The van der Waals surface area contributed by atoms with Gasteiger partial charge in [0.2, 0.25) is 0 Å². The van der Waals surface area contributed by atoms with Crippen LogP contribution in [0.15, 0.2) is 48.7 Å². The van der Waals surface area contributed by atoms with Gasteiger partial charge in [0.25, 0.3) is 0 Å². The summed E-state index contributed by atoms with van der Waals surface area (Å²) in [4.78, 5) is 4.29. The number of halogens is 1. The van der Waals surface area contributed by atoms with Crippen LogP contribution in [-0.2, 0) is 0 Å². The van der Waals surface area contributed by atoms with E-state index in [9.17, 15) is 0 Å². The number of nitrogens with two attached hydrogens (primary N) is 1. The lowest BCUT2D eigenvalue weighted by atomic mass is 10.1. The lowest BCUT2D eigenvalue weighted by Crippen LogP contribution is -1.93. The smallest absolute Gasteiger partial charge is 0.146 e. The third-order valence-electron chi connectivity index (χ3n) is 3.07. The second-order valence-electron chi connectivity index (χ2n) is 4.59. The maximum atomic E-state index is 6.16. The number of nitrogen functional groups attached to an aromatic ring is 1. The number of anilines is 1. The molecule has 0 atom stereocenters. The zero-order valence-electron chi connectivity index (χ0n) is 10.9. The van der Waals surface area contributed by atoms with Gasteiger partial charge in [-0.15, -0.1) is 0 Å². The molecule has 1 heterocycles. The van der Waals surface area contributed by atoms with Crippen LogP contribution in [0.2, 0.25) is 5.02 Å². The van der Waals surface area contributed by atoms with Crippen molar-refractivity contribution >= 4 is 28.2 Å². The number of hydrogen-bond acceptors (Lipinski definition) is 3. The van der Waals surface area contributed by atoms with Crippen molar-refractivity contribution in [2.75, 3.05) is 5.73 Å². The zero-order valence-corrected chi connectivity index (χ0v) is 11.7. The fraction of sp³-hybridized carbons (Fsp3) is 0.0625. The Bertz CT molecular complexity index is 787. The molecule has 3 rings (SSSR count). The molecule has 3 nitrogen and oxygen atoms in total. The average molecular weight is 285 g/mol. The maximum absolute atomic E-state index is 6.16. The lowest BCUT2D eigenvalue weighted by molar-refractivity contribution is 0.488. The number of aryl methyl sites for hydroxylation is 1. The third kappa shape index (κ3) is 2.28. The number of ether oxygens (including phenoxy) is 1. The van der Waals surface area contributed by atoms with Crippen LogP contribution in [0, 0.1) is 6.92 Å². The molecule has 1 aromatic heterocycles. The minimum atomic E-state index is 0.574. The van der Waals surface area contributed by atoms with Crippen LogP contribution in [0.5, 0.6) is 11.5 Å². The molecule has 0 saturated carbocycles. The van der Waals surface area contributed by atoms with Gasteiger partial charge >= 0.3 is 0 Å². The first-order valence-corrected chi connectivity index (χ1v) is 6.60. The van der Waals surface area contributed by atoms with Gasteiger partial charge in [0.1, 0.15) is 11.5 Å². The molecule has 2 aromatic carbocycles. The quantitative estimate of drug-likeness (QED) is 0.701. The van der Waals surface area contributed by atoms with Gasteiger partial charge in [0.15, 0.2) is 0 Å². The molecule has 2 N–H and O–H groups in total. The second-order valence-corrected chi connectivity index (χ2v) is 5.00. The average Bonchev–Trinajstić information content (AvgIpc) is 2.46. The monoisotopic (exact) mass is 284 g/mol. The molecular formula is C16H13ClN2O. The van der Waals surface area contributed by atoms with Crippen molar-refractivity contribution in [3.8, 4) is 11.5 Å². The number of pyridine rings is 1. The first-order chi connectivity index (χ1) is 9.65. The second kappa shape index (κ2) is 5.02. The molecule has 20 heavy (non-hydrogen) atoms. The minimum Gasteiger partial charge on any atom is -0.455 e. The van der Waals surface area contributed by atoms with Crippen molar-refractivity contribution in [2.45, 2.75) is 6.92 Å². The Labute approximate surface area is 122 Å². The Hall–Kier alpha value is -2.26. The van der Waals surface area contributed by atoms with Crippen molar-refractivity contribution < 1.29 is 4.74 Å². The Morgan fingerprint density at radius 3 is 2.80 bits per heavy atom.